The first-order valence-corrected chi connectivity index (χ1v) is 10.1. The van der Waals surface area contributed by atoms with Crippen molar-refractivity contribution < 1.29 is 19.1 Å². The Kier molecular flexibility index (Phi) is 6.41. The quantitative estimate of drug-likeness (QED) is 0.777. The van der Waals surface area contributed by atoms with Crippen molar-refractivity contribution in [2.24, 2.45) is 0 Å². The van der Waals surface area contributed by atoms with Crippen LogP contribution < -0.4 is 20.1 Å². The Morgan fingerprint density at radius 1 is 1.21 bits per heavy atom. The third kappa shape index (κ3) is 4.06. The Bertz CT molecular complexity index is 838. The molecule has 2 heterocycles. The number of thiophene rings is 1. The number of amides is 3. The summed E-state index contributed by atoms with van der Waals surface area (Å²) in [5.41, 5.74) is 2.05. The molecule has 1 aliphatic heterocycles. The Morgan fingerprint density at radius 2 is 1.96 bits per heavy atom. The van der Waals surface area contributed by atoms with Crippen LogP contribution >= 0.6 is 11.3 Å². The lowest BCUT2D eigenvalue weighted by molar-refractivity contribution is 0.0938. The van der Waals surface area contributed by atoms with Crippen molar-refractivity contribution in [3.05, 3.63) is 45.6 Å². The monoisotopic (exact) mass is 403 g/mol. The normalized spacial score (nSPS) is 15.5. The second kappa shape index (κ2) is 8.97. The van der Waals surface area contributed by atoms with Crippen LogP contribution in [0.15, 0.2) is 29.6 Å². The molecule has 0 aliphatic carbocycles. The van der Waals surface area contributed by atoms with Gasteiger partial charge in [0.15, 0.2) is 11.5 Å². The Balaban J connectivity index is 1.91. The second-order valence-corrected chi connectivity index (χ2v) is 7.34. The van der Waals surface area contributed by atoms with Crippen LogP contribution in [0.3, 0.4) is 0 Å². The highest BCUT2D eigenvalue weighted by Gasteiger charge is 2.32. The van der Waals surface area contributed by atoms with Gasteiger partial charge in [-0.05, 0) is 48.1 Å². The van der Waals surface area contributed by atoms with Crippen molar-refractivity contribution >= 4 is 23.3 Å². The molecule has 8 heteroatoms. The zero-order valence-corrected chi connectivity index (χ0v) is 17.1. The molecular weight excluding hydrogens is 378 g/mol. The molecule has 0 saturated heterocycles. The van der Waals surface area contributed by atoms with Crippen molar-refractivity contribution in [2.45, 2.75) is 19.4 Å². The Hall–Kier alpha value is -2.74. The molecule has 150 valence electrons. The van der Waals surface area contributed by atoms with Gasteiger partial charge in [0.05, 0.1) is 25.1 Å². The van der Waals surface area contributed by atoms with E-state index in [1.165, 1.54) is 11.3 Å². The summed E-state index contributed by atoms with van der Waals surface area (Å²) >= 11 is 1.39. The van der Waals surface area contributed by atoms with Gasteiger partial charge in [-0.2, -0.15) is 0 Å². The molecule has 2 aromatic rings. The summed E-state index contributed by atoms with van der Waals surface area (Å²) in [7, 11) is 3.19. The minimum absolute atomic E-state index is 0.140. The van der Waals surface area contributed by atoms with Gasteiger partial charge in [0.2, 0.25) is 0 Å². The fraction of sp³-hybridized carbons (Fsp3) is 0.400. The second-order valence-electron chi connectivity index (χ2n) is 6.39. The summed E-state index contributed by atoms with van der Waals surface area (Å²) in [6, 6.07) is 7.05. The van der Waals surface area contributed by atoms with Crippen LogP contribution in [0, 0.1) is 0 Å². The summed E-state index contributed by atoms with van der Waals surface area (Å²) in [4.78, 5) is 27.5. The summed E-state index contributed by atoms with van der Waals surface area (Å²) in [5.74, 6) is 1.13. The van der Waals surface area contributed by atoms with E-state index in [9.17, 15) is 9.59 Å². The number of rotatable bonds is 6. The standard InChI is InChI=1S/C20H25N3O4S/c1-4-21-20(25)23-8-7-13-10-16(26-2)17(27-3)11-14(13)15(23)12-22-19(24)18-6-5-9-28-18/h5-6,9-11,15H,4,7-8,12H2,1-3H3,(H,21,25)(H,22,24)/t15-/m0/s1. The first-order valence-electron chi connectivity index (χ1n) is 9.20. The molecule has 7 nitrogen and oxygen atoms in total. The maximum atomic E-state index is 12.6. The summed E-state index contributed by atoms with van der Waals surface area (Å²) < 4.78 is 10.9. The van der Waals surface area contributed by atoms with E-state index in [1.807, 2.05) is 30.5 Å². The van der Waals surface area contributed by atoms with Crippen LogP contribution in [0.25, 0.3) is 0 Å². The van der Waals surface area contributed by atoms with E-state index in [-0.39, 0.29) is 18.0 Å². The van der Waals surface area contributed by atoms with Crippen LogP contribution in [0.2, 0.25) is 0 Å². The van der Waals surface area contributed by atoms with Gasteiger partial charge in [0.25, 0.3) is 5.91 Å². The first kappa shape index (κ1) is 20.0. The van der Waals surface area contributed by atoms with E-state index < -0.39 is 0 Å². The van der Waals surface area contributed by atoms with Crippen LogP contribution in [0.5, 0.6) is 11.5 Å². The van der Waals surface area contributed by atoms with Gasteiger partial charge in [-0.15, -0.1) is 11.3 Å². The molecule has 1 aromatic carbocycles. The van der Waals surface area contributed by atoms with E-state index in [2.05, 4.69) is 10.6 Å². The number of nitrogens with one attached hydrogen (secondary N) is 2. The van der Waals surface area contributed by atoms with Gasteiger partial charge in [0, 0.05) is 19.6 Å². The number of benzene rings is 1. The molecule has 1 aliphatic rings. The van der Waals surface area contributed by atoms with Gasteiger partial charge in [-0.1, -0.05) is 6.07 Å². The van der Waals surface area contributed by atoms with Gasteiger partial charge in [0.1, 0.15) is 0 Å². The predicted octanol–water partition coefficient (Wildman–Crippen LogP) is 2.82. The minimum atomic E-state index is -0.293. The van der Waals surface area contributed by atoms with Crippen molar-refractivity contribution in [1.29, 1.82) is 0 Å². The Morgan fingerprint density at radius 3 is 2.61 bits per heavy atom. The van der Waals surface area contributed by atoms with E-state index in [4.69, 9.17) is 9.47 Å². The third-order valence-corrected chi connectivity index (χ3v) is 5.66. The molecule has 0 fully saturated rings. The average molecular weight is 404 g/mol. The lowest BCUT2D eigenvalue weighted by Crippen LogP contribution is -2.49. The van der Waals surface area contributed by atoms with E-state index in [1.54, 1.807) is 25.2 Å². The molecule has 3 rings (SSSR count). The van der Waals surface area contributed by atoms with Gasteiger partial charge >= 0.3 is 6.03 Å². The summed E-state index contributed by atoms with van der Waals surface area (Å²) in [5, 5.41) is 7.69. The zero-order chi connectivity index (χ0) is 20.1. The average Bonchev–Trinajstić information content (AvgIpc) is 3.25. The number of nitrogens with zero attached hydrogens (tertiary/aromatic N) is 1. The maximum Gasteiger partial charge on any atom is 0.317 e. The summed E-state index contributed by atoms with van der Waals surface area (Å²) in [6.07, 6.45) is 0.711. The molecule has 1 atom stereocenters. The van der Waals surface area contributed by atoms with E-state index in [0.717, 1.165) is 11.1 Å². The molecule has 1 aromatic heterocycles. The van der Waals surface area contributed by atoms with Gasteiger partial charge in [-0.3, -0.25) is 4.79 Å². The molecule has 3 amide bonds. The molecule has 28 heavy (non-hydrogen) atoms. The topological polar surface area (TPSA) is 79.9 Å². The largest absolute Gasteiger partial charge is 0.493 e. The van der Waals surface area contributed by atoms with Crippen molar-refractivity contribution in [2.75, 3.05) is 33.9 Å². The molecule has 0 radical (unpaired) electrons. The smallest absolute Gasteiger partial charge is 0.317 e. The molecule has 0 unspecified atom stereocenters. The highest BCUT2D eigenvalue weighted by molar-refractivity contribution is 7.12. The minimum Gasteiger partial charge on any atom is -0.493 e. The number of carbonyl (C=O) groups is 2. The van der Waals surface area contributed by atoms with Gasteiger partial charge in [-0.25, -0.2) is 4.79 Å². The SMILES string of the molecule is CCNC(=O)N1CCc2cc(OC)c(OC)cc2[C@@H]1CNC(=O)c1cccs1. The zero-order valence-electron chi connectivity index (χ0n) is 16.3. The fourth-order valence-corrected chi connectivity index (χ4v) is 4.07. The summed E-state index contributed by atoms with van der Waals surface area (Å²) in [6.45, 7) is 3.31. The molecule has 2 N–H and O–H groups in total. The number of carbonyl (C=O) groups excluding carboxylic acids is 2. The Labute approximate surface area is 168 Å². The van der Waals surface area contributed by atoms with Crippen LogP contribution in [0.1, 0.15) is 33.8 Å². The third-order valence-electron chi connectivity index (χ3n) is 4.79. The maximum absolute atomic E-state index is 12.6. The highest BCUT2D eigenvalue weighted by atomic mass is 32.1. The number of fused-ring (bicyclic) bond motifs is 1. The molecule has 0 saturated carbocycles. The fourth-order valence-electron chi connectivity index (χ4n) is 3.43. The number of urea groups is 1. The van der Waals surface area contributed by atoms with Crippen LogP contribution in [-0.4, -0.2) is 50.7 Å². The van der Waals surface area contributed by atoms with Gasteiger partial charge < -0.3 is 25.0 Å². The van der Waals surface area contributed by atoms with E-state index in [0.29, 0.717) is 42.4 Å². The van der Waals surface area contributed by atoms with E-state index >= 15 is 0 Å². The lowest BCUT2D eigenvalue weighted by atomic mass is 9.91. The number of methoxy groups -OCH3 is 2. The van der Waals surface area contributed by atoms with Crippen molar-refractivity contribution in [1.82, 2.24) is 15.5 Å². The first-order chi connectivity index (χ1) is 13.6. The van der Waals surface area contributed by atoms with Crippen LogP contribution in [0.4, 0.5) is 4.79 Å². The lowest BCUT2D eigenvalue weighted by Gasteiger charge is -2.37. The predicted molar refractivity (Wildman–Crippen MR) is 108 cm³/mol. The highest BCUT2D eigenvalue weighted by Crippen LogP contribution is 2.38. The number of ether oxygens (including phenoxy) is 2. The number of hydrogen-bond acceptors (Lipinski definition) is 5. The van der Waals surface area contributed by atoms with Crippen molar-refractivity contribution in [3.63, 3.8) is 0 Å². The van der Waals surface area contributed by atoms with Crippen LogP contribution in [-0.2, 0) is 6.42 Å². The molecule has 0 bridgehead atoms. The molecule has 0 spiro atoms. The number of hydrogen-bond donors (Lipinski definition) is 2. The molecular formula is C20H25N3O4S. The van der Waals surface area contributed by atoms with Crippen molar-refractivity contribution in [3.8, 4) is 11.5 Å².